The smallest absolute Gasteiger partial charge is 0.271 e. The molecule has 0 aliphatic carbocycles. The fourth-order valence-corrected chi connectivity index (χ4v) is 2.55. The summed E-state index contributed by atoms with van der Waals surface area (Å²) in [6.45, 7) is 0.565. The van der Waals surface area contributed by atoms with E-state index in [0.717, 1.165) is 10.2 Å². The van der Waals surface area contributed by atoms with Crippen LogP contribution in [0.3, 0.4) is 0 Å². The lowest BCUT2D eigenvalue weighted by Crippen LogP contribution is -2.31. The largest absolute Gasteiger partial charge is 0.350 e. The summed E-state index contributed by atoms with van der Waals surface area (Å²) in [4.78, 5) is 24.2. The first kappa shape index (κ1) is 17.5. The first-order valence-electron chi connectivity index (χ1n) is 8.26. The van der Waals surface area contributed by atoms with E-state index in [1.54, 1.807) is 12.1 Å². The molecule has 0 atom stereocenters. The number of rotatable bonds is 6. The van der Waals surface area contributed by atoms with Crippen LogP contribution in [0.1, 0.15) is 21.6 Å². The van der Waals surface area contributed by atoms with Gasteiger partial charge in [-0.15, -0.1) is 0 Å². The molecule has 5 nitrogen and oxygen atoms in total. The Kier molecular flexibility index (Phi) is 5.53. The molecule has 0 saturated heterocycles. The van der Waals surface area contributed by atoms with Crippen LogP contribution in [0.4, 0.5) is 4.39 Å². The van der Waals surface area contributed by atoms with Crippen molar-refractivity contribution in [3.05, 3.63) is 99.7 Å². The van der Waals surface area contributed by atoms with Crippen molar-refractivity contribution < 1.29 is 9.18 Å². The summed E-state index contributed by atoms with van der Waals surface area (Å²) in [6.07, 6.45) is 0.704. The highest BCUT2D eigenvalue weighted by Gasteiger charge is 2.10. The Morgan fingerprint density at radius 1 is 1.00 bits per heavy atom. The molecule has 0 unspecified atom stereocenters. The summed E-state index contributed by atoms with van der Waals surface area (Å²) >= 11 is 0. The van der Waals surface area contributed by atoms with E-state index >= 15 is 0 Å². The Labute approximate surface area is 150 Å². The first-order chi connectivity index (χ1) is 12.6. The number of hydrogen-bond acceptors (Lipinski definition) is 3. The molecule has 0 aliphatic heterocycles. The van der Waals surface area contributed by atoms with Crippen molar-refractivity contribution in [1.29, 1.82) is 0 Å². The van der Waals surface area contributed by atoms with E-state index in [0.29, 0.717) is 18.5 Å². The predicted molar refractivity (Wildman–Crippen MR) is 96.5 cm³/mol. The Bertz CT molecular complexity index is 955. The second kappa shape index (κ2) is 8.20. The maximum absolute atomic E-state index is 13.3. The molecule has 1 amide bonds. The highest BCUT2D eigenvalue weighted by molar-refractivity contribution is 5.91. The van der Waals surface area contributed by atoms with Gasteiger partial charge in [0.1, 0.15) is 11.5 Å². The van der Waals surface area contributed by atoms with Crippen LogP contribution in [0.2, 0.25) is 0 Å². The standard InChI is InChI=1S/C20H18FN3O2/c21-17-8-4-7-16(13-17)14-24-19(25)10-9-18(23-24)20(26)22-12-11-15-5-2-1-3-6-15/h1-10,13H,11-12,14H2,(H,22,26). The van der Waals surface area contributed by atoms with Crippen molar-refractivity contribution >= 4 is 5.91 Å². The van der Waals surface area contributed by atoms with Crippen LogP contribution in [0.15, 0.2) is 71.5 Å². The lowest BCUT2D eigenvalue weighted by molar-refractivity contribution is 0.0946. The van der Waals surface area contributed by atoms with Gasteiger partial charge >= 0.3 is 0 Å². The van der Waals surface area contributed by atoms with E-state index in [1.165, 1.54) is 24.3 Å². The average Bonchev–Trinajstić information content (AvgIpc) is 2.64. The van der Waals surface area contributed by atoms with Gasteiger partial charge in [-0.25, -0.2) is 9.07 Å². The zero-order chi connectivity index (χ0) is 18.4. The second-order valence-electron chi connectivity index (χ2n) is 5.84. The molecule has 0 fully saturated rings. The van der Waals surface area contributed by atoms with Crippen molar-refractivity contribution in [2.45, 2.75) is 13.0 Å². The molecule has 6 heteroatoms. The summed E-state index contributed by atoms with van der Waals surface area (Å²) in [6, 6.07) is 18.4. The number of carbonyl (C=O) groups excluding carboxylic acids is 1. The van der Waals surface area contributed by atoms with Gasteiger partial charge in [0.05, 0.1) is 6.54 Å². The number of benzene rings is 2. The number of carbonyl (C=O) groups is 1. The van der Waals surface area contributed by atoms with Crippen LogP contribution < -0.4 is 10.9 Å². The SMILES string of the molecule is O=C(NCCc1ccccc1)c1ccc(=O)n(Cc2cccc(F)c2)n1. The summed E-state index contributed by atoms with van der Waals surface area (Å²) in [5.41, 5.74) is 1.52. The highest BCUT2D eigenvalue weighted by Crippen LogP contribution is 2.04. The third-order valence-electron chi connectivity index (χ3n) is 3.86. The first-order valence-corrected chi connectivity index (χ1v) is 8.26. The van der Waals surface area contributed by atoms with E-state index in [4.69, 9.17) is 0 Å². The molecule has 2 aromatic carbocycles. The molecule has 3 aromatic rings. The predicted octanol–water partition coefficient (Wildman–Crippen LogP) is 2.40. The average molecular weight is 351 g/mol. The van der Waals surface area contributed by atoms with Gasteiger partial charge in [-0.3, -0.25) is 9.59 Å². The number of nitrogens with one attached hydrogen (secondary N) is 1. The Morgan fingerprint density at radius 3 is 2.54 bits per heavy atom. The van der Waals surface area contributed by atoms with Gasteiger partial charge in [0.2, 0.25) is 0 Å². The summed E-state index contributed by atoms with van der Waals surface area (Å²) < 4.78 is 14.4. The monoisotopic (exact) mass is 351 g/mol. The van der Waals surface area contributed by atoms with Crippen molar-refractivity contribution in [2.75, 3.05) is 6.54 Å². The lowest BCUT2D eigenvalue weighted by atomic mass is 10.1. The lowest BCUT2D eigenvalue weighted by Gasteiger charge is -2.08. The van der Waals surface area contributed by atoms with E-state index < -0.39 is 0 Å². The second-order valence-corrected chi connectivity index (χ2v) is 5.84. The highest BCUT2D eigenvalue weighted by atomic mass is 19.1. The van der Waals surface area contributed by atoms with Gasteiger partial charge in [0.25, 0.3) is 11.5 Å². The number of halogens is 1. The molecule has 0 saturated carbocycles. The third-order valence-corrected chi connectivity index (χ3v) is 3.86. The molecule has 3 rings (SSSR count). The topological polar surface area (TPSA) is 64.0 Å². The third kappa shape index (κ3) is 4.63. The molecule has 0 radical (unpaired) electrons. The van der Waals surface area contributed by atoms with Crippen LogP contribution in [0, 0.1) is 5.82 Å². The van der Waals surface area contributed by atoms with Gasteiger partial charge in [0.15, 0.2) is 0 Å². The quantitative estimate of drug-likeness (QED) is 0.742. The molecule has 0 bridgehead atoms. The summed E-state index contributed by atoms with van der Waals surface area (Å²) in [7, 11) is 0. The van der Waals surface area contributed by atoms with Crippen molar-refractivity contribution in [3.63, 3.8) is 0 Å². The van der Waals surface area contributed by atoms with Crippen LogP contribution in [0.5, 0.6) is 0 Å². The minimum absolute atomic E-state index is 0.0989. The van der Waals surface area contributed by atoms with E-state index in [-0.39, 0.29) is 29.5 Å². The summed E-state index contributed by atoms with van der Waals surface area (Å²) in [5, 5.41) is 6.88. The number of hydrogen-bond donors (Lipinski definition) is 1. The van der Waals surface area contributed by atoms with E-state index in [1.807, 2.05) is 30.3 Å². The maximum Gasteiger partial charge on any atom is 0.271 e. The minimum Gasteiger partial charge on any atom is -0.350 e. The Morgan fingerprint density at radius 2 is 1.77 bits per heavy atom. The van der Waals surface area contributed by atoms with E-state index in [2.05, 4.69) is 10.4 Å². The zero-order valence-electron chi connectivity index (χ0n) is 14.1. The molecule has 132 valence electrons. The van der Waals surface area contributed by atoms with Gasteiger partial charge in [-0.2, -0.15) is 5.10 Å². The fraction of sp³-hybridized carbons (Fsp3) is 0.150. The molecular formula is C20H18FN3O2. The van der Waals surface area contributed by atoms with Crippen molar-refractivity contribution in [2.24, 2.45) is 0 Å². The molecule has 0 spiro atoms. The van der Waals surface area contributed by atoms with Gasteiger partial charge in [0, 0.05) is 12.6 Å². The van der Waals surface area contributed by atoms with Crippen molar-refractivity contribution in [1.82, 2.24) is 15.1 Å². The fourth-order valence-electron chi connectivity index (χ4n) is 2.55. The van der Waals surface area contributed by atoms with Crippen LogP contribution >= 0.6 is 0 Å². The molecule has 0 aliphatic rings. The minimum atomic E-state index is -0.384. The van der Waals surface area contributed by atoms with Crippen molar-refractivity contribution in [3.8, 4) is 0 Å². The molecule has 1 aromatic heterocycles. The maximum atomic E-state index is 13.3. The zero-order valence-corrected chi connectivity index (χ0v) is 14.1. The Hall–Kier alpha value is -3.28. The summed E-state index contributed by atoms with van der Waals surface area (Å²) in [5.74, 6) is -0.737. The molecule has 26 heavy (non-hydrogen) atoms. The number of amides is 1. The van der Waals surface area contributed by atoms with Crippen LogP contribution in [-0.4, -0.2) is 22.2 Å². The van der Waals surface area contributed by atoms with Crippen LogP contribution in [0.25, 0.3) is 0 Å². The Balaban J connectivity index is 1.66. The molecule has 1 N–H and O–H groups in total. The normalized spacial score (nSPS) is 10.5. The van der Waals surface area contributed by atoms with E-state index in [9.17, 15) is 14.0 Å². The number of nitrogens with zero attached hydrogens (tertiary/aromatic N) is 2. The van der Waals surface area contributed by atoms with Gasteiger partial charge < -0.3 is 5.32 Å². The molecular weight excluding hydrogens is 333 g/mol. The van der Waals surface area contributed by atoms with Gasteiger partial charge in [-0.05, 0) is 35.7 Å². The van der Waals surface area contributed by atoms with Gasteiger partial charge in [-0.1, -0.05) is 42.5 Å². The molecule has 1 heterocycles. The number of aromatic nitrogens is 2. The van der Waals surface area contributed by atoms with Crippen LogP contribution in [-0.2, 0) is 13.0 Å².